The molecule has 4 nitrogen and oxygen atoms in total. The maximum Gasteiger partial charge on any atom is 0.271 e. The van der Waals surface area contributed by atoms with Crippen molar-refractivity contribution in [3.8, 4) is 0 Å². The number of nitrogens with zero attached hydrogens (tertiary/aromatic N) is 2. The number of carbonyl (C=O) groups excluding carboxylic acids is 1. The lowest BCUT2D eigenvalue weighted by molar-refractivity contribution is 0.0250. The maximum atomic E-state index is 12.6. The summed E-state index contributed by atoms with van der Waals surface area (Å²) in [5.41, 5.74) is 2.58. The zero-order valence-corrected chi connectivity index (χ0v) is 14.0. The van der Waals surface area contributed by atoms with Crippen LogP contribution in [0.2, 0.25) is 0 Å². The molecule has 0 aliphatic heterocycles. The number of aromatic nitrogens is 2. The molecule has 24 heavy (non-hydrogen) atoms. The molecule has 2 aliphatic carbocycles. The topological polar surface area (TPSA) is 54.9 Å². The molecule has 0 bridgehead atoms. The van der Waals surface area contributed by atoms with Crippen LogP contribution >= 0.6 is 0 Å². The summed E-state index contributed by atoms with van der Waals surface area (Å²) in [7, 11) is 0. The van der Waals surface area contributed by atoms with Crippen LogP contribution < -0.4 is 5.32 Å². The first-order valence-corrected chi connectivity index (χ1v) is 8.88. The number of hydrogen-bond acceptors (Lipinski definition) is 3. The molecule has 1 aromatic heterocycles. The summed E-state index contributed by atoms with van der Waals surface area (Å²) in [5, 5.41) is 3.26. The summed E-state index contributed by atoms with van der Waals surface area (Å²) < 4.78 is 0. The molecule has 2 saturated carbocycles. The zero-order valence-electron chi connectivity index (χ0n) is 14.0. The minimum atomic E-state index is -0.0996. The van der Waals surface area contributed by atoms with Crippen LogP contribution in [-0.4, -0.2) is 21.9 Å². The Hall–Kier alpha value is -2.23. The predicted molar refractivity (Wildman–Crippen MR) is 92.7 cm³/mol. The van der Waals surface area contributed by atoms with Crippen molar-refractivity contribution < 1.29 is 4.79 Å². The molecule has 4 rings (SSSR count). The maximum absolute atomic E-state index is 12.6. The van der Waals surface area contributed by atoms with Crippen molar-refractivity contribution in [2.24, 2.45) is 11.8 Å². The number of fused-ring (bicyclic) bond motifs is 1. The normalized spacial score (nSPS) is 28.5. The van der Waals surface area contributed by atoms with E-state index in [0.717, 1.165) is 5.69 Å². The quantitative estimate of drug-likeness (QED) is 0.941. The highest BCUT2D eigenvalue weighted by molar-refractivity contribution is 5.92. The molecular formula is C20H23N3O. The number of benzene rings is 1. The van der Waals surface area contributed by atoms with Gasteiger partial charge in [-0.3, -0.25) is 9.78 Å². The van der Waals surface area contributed by atoms with Gasteiger partial charge in [-0.25, -0.2) is 4.98 Å². The highest BCUT2D eigenvalue weighted by Crippen LogP contribution is 2.54. The van der Waals surface area contributed by atoms with Crippen LogP contribution in [0.25, 0.3) is 0 Å². The van der Waals surface area contributed by atoms with Crippen LogP contribution in [0.15, 0.2) is 42.7 Å². The fraction of sp³-hybridized carbons (Fsp3) is 0.450. The van der Waals surface area contributed by atoms with E-state index >= 15 is 0 Å². The summed E-state index contributed by atoms with van der Waals surface area (Å²) >= 11 is 0. The third-order valence-corrected chi connectivity index (χ3v) is 5.68. The number of carbonyl (C=O) groups is 1. The molecule has 2 aliphatic rings. The second-order valence-electron chi connectivity index (χ2n) is 7.09. The molecule has 1 aromatic carbocycles. The molecule has 0 radical (unpaired) electrons. The van der Waals surface area contributed by atoms with Crippen LogP contribution in [0.3, 0.4) is 0 Å². The second kappa shape index (κ2) is 6.34. The lowest BCUT2D eigenvalue weighted by Crippen LogP contribution is -2.59. The first-order chi connectivity index (χ1) is 11.7. The Balaban J connectivity index is 1.55. The number of aryl methyl sites for hydroxylation is 1. The molecule has 0 spiro atoms. The first-order valence-electron chi connectivity index (χ1n) is 8.88. The minimum absolute atomic E-state index is 0.0996. The van der Waals surface area contributed by atoms with E-state index < -0.39 is 0 Å². The van der Waals surface area contributed by atoms with Crippen molar-refractivity contribution in [2.45, 2.75) is 44.6 Å². The van der Waals surface area contributed by atoms with Crippen molar-refractivity contribution in [3.05, 3.63) is 59.7 Å². The Bertz CT molecular complexity index is 713. The molecule has 124 valence electrons. The molecule has 4 heteroatoms. The summed E-state index contributed by atoms with van der Waals surface area (Å²) in [5.74, 6) is 1.64. The largest absolute Gasteiger partial charge is 0.347 e. The number of nitrogens with one attached hydrogen (secondary N) is 1. The van der Waals surface area contributed by atoms with Crippen molar-refractivity contribution >= 4 is 5.91 Å². The average molecular weight is 321 g/mol. The molecule has 2 aromatic rings. The van der Waals surface area contributed by atoms with E-state index in [4.69, 9.17) is 0 Å². The third-order valence-electron chi connectivity index (χ3n) is 5.68. The van der Waals surface area contributed by atoms with Gasteiger partial charge in [-0.1, -0.05) is 43.2 Å². The predicted octanol–water partition coefficient (Wildman–Crippen LogP) is 3.49. The van der Waals surface area contributed by atoms with Gasteiger partial charge in [-0.15, -0.1) is 0 Å². The standard InChI is InChI=1S/C20H23N3O/c1-13-11-22-17(12-21-13)20(24)23-19-16-10-6-5-9-15(16)18(19)14-7-3-2-4-8-14/h2-4,7-8,11-12,15-16,18-19H,5-6,9-10H2,1H3,(H,23,24)/t15-,16+,18-,19-/m0/s1. The summed E-state index contributed by atoms with van der Waals surface area (Å²) in [6, 6.07) is 10.8. The number of hydrogen-bond donors (Lipinski definition) is 1. The Labute approximate surface area is 142 Å². The summed E-state index contributed by atoms with van der Waals surface area (Å²) in [6.45, 7) is 1.87. The molecule has 0 saturated heterocycles. The van der Waals surface area contributed by atoms with Crippen molar-refractivity contribution in [2.75, 3.05) is 0 Å². The van der Waals surface area contributed by atoms with Gasteiger partial charge >= 0.3 is 0 Å². The molecular weight excluding hydrogens is 298 g/mol. The molecule has 2 fully saturated rings. The van der Waals surface area contributed by atoms with Gasteiger partial charge in [0.2, 0.25) is 0 Å². The van der Waals surface area contributed by atoms with Crippen molar-refractivity contribution in [1.82, 2.24) is 15.3 Å². The lowest BCUT2D eigenvalue weighted by Gasteiger charge is -2.55. The van der Waals surface area contributed by atoms with Crippen molar-refractivity contribution in [1.29, 1.82) is 0 Å². The molecule has 4 atom stereocenters. The Kier molecular flexibility index (Phi) is 4.05. The Morgan fingerprint density at radius 3 is 2.50 bits per heavy atom. The fourth-order valence-corrected chi connectivity index (χ4v) is 4.53. The fourth-order valence-electron chi connectivity index (χ4n) is 4.53. The smallest absolute Gasteiger partial charge is 0.271 e. The van der Waals surface area contributed by atoms with E-state index in [-0.39, 0.29) is 11.9 Å². The minimum Gasteiger partial charge on any atom is -0.347 e. The van der Waals surface area contributed by atoms with Gasteiger partial charge in [-0.05, 0) is 37.2 Å². The molecule has 1 amide bonds. The number of rotatable bonds is 3. The van der Waals surface area contributed by atoms with Crippen LogP contribution in [0.4, 0.5) is 0 Å². The van der Waals surface area contributed by atoms with Crippen LogP contribution in [0.5, 0.6) is 0 Å². The van der Waals surface area contributed by atoms with Gasteiger partial charge in [0.1, 0.15) is 5.69 Å². The van der Waals surface area contributed by atoms with Gasteiger partial charge in [-0.2, -0.15) is 0 Å². The van der Waals surface area contributed by atoms with E-state index in [1.165, 1.54) is 31.2 Å². The van der Waals surface area contributed by atoms with Crippen LogP contribution in [0.1, 0.15) is 53.3 Å². The second-order valence-corrected chi connectivity index (χ2v) is 7.09. The van der Waals surface area contributed by atoms with E-state index in [2.05, 4.69) is 45.6 Å². The number of amides is 1. The van der Waals surface area contributed by atoms with Gasteiger partial charge in [0.25, 0.3) is 5.91 Å². The molecule has 0 unspecified atom stereocenters. The highest BCUT2D eigenvalue weighted by atomic mass is 16.2. The van der Waals surface area contributed by atoms with E-state index in [0.29, 0.717) is 23.4 Å². The van der Waals surface area contributed by atoms with Gasteiger partial charge in [0, 0.05) is 18.2 Å². The average Bonchev–Trinajstić information content (AvgIpc) is 2.61. The molecule has 1 N–H and O–H groups in total. The van der Waals surface area contributed by atoms with Crippen LogP contribution in [-0.2, 0) is 0 Å². The first kappa shape index (κ1) is 15.3. The Morgan fingerprint density at radius 1 is 1.04 bits per heavy atom. The third kappa shape index (κ3) is 2.70. The highest BCUT2D eigenvalue weighted by Gasteiger charge is 2.51. The SMILES string of the molecule is Cc1cnc(C(=O)N[C@H]2[C@@H]3CCCC[C@@H]3[C@@H]2c2ccccc2)cn1. The van der Waals surface area contributed by atoms with Crippen molar-refractivity contribution in [3.63, 3.8) is 0 Å². The van der Waals surface area contributed by atoms with Gasteiger partial charge < -0.3 is 5.32 Å². The lowest BCUT2D eigenvalue weighted by atomic mass is 9.53. The van der Waals surface area contributed by atoms with Gasteiger partial charge in [0.15, 0.2) is 0 Å². The summed E-state index contributed by atoms with van der Waals surface area (Å²) in [4.78, 5) is 21.0. The Morgan fingerprint density at radius 2 is 1.79 bits per heavy atom. The zero-order chi connectivity index (χ0) is 16.5. The van der Waals surface area contributed by atoms with E-state index in [1.807, 2.05) is 6.92 Å². The van der Waals surface area contributed by atoms with E-state index in [1.54, 1.807) is 12.4 Å². The van der Waals surface area contributed by atoms with E-state index in [9.17, 15) is 4.79 Å². The summed E-state index contributed by atoms with van der Waals surface area (Å²) in [6.07, 6.45) is 8.31. The van der Waals surface area contributed by atoms with Gasteiger partial charge in [0.05, 0.1) is 11.9 Å². The molecule has 1 heterocycles. The monoisotopic (exact) mass is 321 g/mol. The van der Waals surface area contributed by atoms with Crippen LogP contribution in [0, 0.1) is 18.8 Å².